The van der Waals surface area contributed by atoms with E-state index < -0.39 is 6.10 Å². The first kappa shape index (κ1) is 28.9. The molecule has 166 valence electrons. The summed E-state index contributed by atoms with van der Waals surface area (Å²) in [5, 5.41) is 26.0. The average Bonchev–Trinajstić information content (AvgIpc) is 2.66. The summed E-state index contributed by atoms with van der Waals surface area (Å²) in [7, 11) is 0. The Balaban J connectivity index is 0. The van der Waals surface area contributed by atoms with Gasteiger partial charge in [0, 0.05) is 6.61 Å². The Morgan fingerprint density at radius 1 is 0.704 bits per heavy atom. The molecule has 0 spiro atoms. The SMILES string of the molecule is CC(O)COC(C)COC(C)CO.CCCCOCCOCCOCCO. The van der Waals surface area contributed by atoms with Crippen molar-refractivity contribution in [2.24, 2.45) is 0 Å². The maximum atomic E-state index is 8.92. The molecule has 3 atom stereocenters. The first-order chi connectivity index (χ1) is 13.0. The van der Waals surface area contributed by atoms with E-state index in [1.807, 2.05) is 6.92 Å². The van der Waals surface area contributed by atoms with Crippen LogP contribution in [0, 0.1) is 0 Å². The van der Waals surface area contributed by atoms with Gasteiger partial charge in [-0.3, -0.25) is 0 Å². The first-order valence-electron chi connectivity index (χ1n) is 9.84. The zero-order valence-corrected chi connectivity index (χ0v) is 17.6. The van der Waals surface area contributed by atoms with Crippen LogP contribution in [0.25, 0.3) is 0 Å². The molecule has 0 aliphatic heterocycles. The van der Waals surface area contributed by atoms with E-state index in [4.69, 9.17) is 39.0 Å². The normalized spacial score (nSPS) is 14.3. The van der Waals surface area contributed by atoms with Gasteiger partial charge in [-0.15, -0.1) is 0 Å². The van der Waals surface area contributed by atoms with Gasteiger partial charge in [0.25, 0.3) is 0 Å². The Hall–Kier alpha value is -0.320. The molecule has 0 bridgehead atoms. The van der Waals surface area contributed by atoms with Gasteiger partial charge in [0.2, 0.25) is 0 Å². The van der Waals surface area contributed by atoms with Gasteiger partial charge in [-0.25, -0.2) is 0 Å². The second kappa shape index (κ2) is 23.7. The van der Waals surface area contributed by atoms with Gasteiger partial charge in [0.05, 0.1) is 77.8 Å². The molecule has 3 unspecified atom stereocenters. The minimum Gasteiger partial charge on any atom is -0.394 e. The molecule has 0 aliphatic carbocycles. The van der Waals surface area contributed by atoms with Gasteiger partial charge < -0.3 is 39.0 Å². The van der Waals surface area contributed by atoms with Crippen molar-refractivity contribution in [2.75, 3.05) is 66.1 Å². The van der Waals surface area contributed by atoms with Gasteiger partial charge in [0.1, 0.15) is 0 Å². The monoisotopic (exact) mass is 398 g/mol. The van der Waals surface area contributed by atoms with Crippen molar-refractivity contribution < 1.29 is 39.0 Å². The molecule has 0 aromatic rings. The van der Waals surface area contributed by atoms with E-state index in [1.54, 1.807) is 13.8 Å². The highest BCUT2D eigenvalue weighted by Crippen LogP contribution is 1.97. The number of aliphatic hydroxyl groups is 3. The van der Waals surface area contributed by atoms with Crippen LogP contribution in [0.4, 0.5) is 0 Å². The lowest BCUT2D eigenvalue weighted by Crippen LogP contribution is -2.24. The minimum atomic E-state index is -0.447. The van der Waals surface area contributed by atoms with Crippen molar-refractivity contribution in [2.45, 2.75) is 58.8 Å². The second-order valence-electron chi connectivity index (χ2n) is 6.23. The summed E-state index contributed by atoms with van der Waals surface area (Å²) in [4.78, 5) is 0. The molecule has 0 fully saturated rings. The molecule has 0 saturated heterocycles. The average molecular weight is 399 g/mol. The fraction of sp³-hybridized carbons (Fsp3) is 1.00. The molecular weight excluding hydrogens is 356 g/mol. The van der Waals surface area contributed by atoms with Crippen LogP contribution in [-0.2, 0) is 23.7 Å². The van der Waals surface area contributed by atoms with Gasteiger partial charge >= 0.3 is 0 Å². The largest absolute Gasteiger partial charge is 0.394 e. The summed E-state index contributed by atoms with van der Waals surface area (Å²) in [5.74, 6) is 0. The van der Waals surface area contributed by atoms with Crippen LogP contribution < -0.4 is 0 Å². The molecular formula is C19H42O8. The van der Waals surface area contributed by atoms with Gasteiger partial charge in [-0.1, -0.05) is 13.3 Å². The molecule has 0 saturated carbocycles. The lowest BCUT2D eigenvalue weighted by Gasteiger charge is -2.16. The maximum Gasteiger partial charge on any atom is 0.0781 e. The lowest BCUT2D eigenvalue weighted by atomic mass is 10.4. The van der Waals surface area contributed by atoms with Gasteiger partial charge in [0.15, 0.2) is 0 Å². The van der Waals surface area contributed by atoms with Crippen LogP contribution in [0.15, 0.2) is 0 Å². The van der Waals surface area contributed by atoms with Crippen molar-refractivity contribution in [3.05, 3.63) is 0 Å². The smallest absolute Gasteiger partial charge is 0.0781 e. The van der Waals surface area contributed by atoms with Crippen LogP contribution in [0.1, 0.15) is 40.5 Å². The summed E-state index contributed by atoms with van der Waals surface area (Å²) in [6.45, 7) is 11.9. The Bertz CT molecular complexity index is 254. The van der Waals surface area contributed by atoms with E-state index in [0.717, 1.165) is 19.4 Å². The van der Waals surface area contributed by atoms with Crippen LogP contribution in [0.3, 0.4) is 0 Å². The molecule has 0 aromatic carbocycles. The molecule has 8 nitrogen and oxygen atoms in total. The first-order valence-corrected chi connectivity index (χ1v) is 9.84. The second-order valence-corrected chi connectivity index (χ2v) is 6.23. The molecule has 27 heavy (non-hydrogen) atoms. The zero-order valence-electron chi connectivity index (χ0n) is 17.6. The number of unbranched alkanes of at least 4 members (excludes halogenated alkanes) is 1. The standard InChI is InChI=1S/C10H22O4.C9H20O4/c1-2-3-5-12-7-9-14-10-8-13-6-4-11;1-7(11)5-12-9(3)6-13-8(2)4-10/h11H,2-10H2,1H3;7-11H,4-6H2,1-3H3. The van der Waals surface area contributed by atoms with Crippen molar-refractivity contribution in [1.29, 1.82) is 0 Å². The number of aliphatic hydroxyl groups excluding tert-OH is 3. The summed E-state index contributed by atoms with van der Waals surface area (Å²) >= 11 is 0. The van der Waals surface area contributed by atoms with Crippen LogP contribution in [-0.4, -0.2) is 99.7 Å². The molecule has 0 aromatic heterocycles. The van der Waals surface area contributed by atoms with Crippen molar-refractivity contribution in [3.63, 3.8) is 0 Å². The molecule has 0 aliphatic rings. The molecule has 0 amide bonds. The number of hydrogen-bond acceptors (Lipinski definition) is 8. The third kappa shape index (κ3) is 28.0. The van der Waals surface area contributed by atoms with Gasteiger partial charge in [-0.05, 0) is 27.2 Å². The third-order valence-corrected chi connectivity index (χ3v) is 3.12. The van der Waals surface area contributed by atoms with Crippen LogP contribution >= 0.6 is 0 Å². The van der Waals surface area contributed by atoms with E-state index in [0.29, 0.717) is 46.2 Å². The topological polar surface area (TPSA) is 107 Å². The number of rotatable bonds is 18. The highest BCUT2D eigenvalue weighted by Gasteiger charge is 2.07. The minimum absolute atomic E-state index is 0.0170. The Labute approximate surface area is 164 Å². The van der Waals surface area contributed by atoms with Crippen LogP contribution in [0.2, 0.25) is 0 Å². The molecule has 0 heterocycles. The van der Waals surface area contributed by atoms with Crippen molar-refractivity contribution >= 4 is 0 Å². The zero-order chi connectivity index (χ0) is 20.8. The predicted octanol–water partition coefficient (Wildman–Crippen LogP) is 0.998. The molecule has 3 N–H and O–H groups in total. The van der Waals surface area contributed by atoms with Crippen LogP contribution in [0.5, 0.6) is 0 Å². The molecule has 8 heteroatoms. The highest BCUT2D eigenvalue weighted by atomic mass is 16.6. The van der Waals surface area contributed by atoms with Crippen molar-refractivity contribution in [1.82, 2.24) is 0 Å². The number of ether oxygens (including phenoxy) is 5. The number of hydrogen-bond donors (Lipinski definition) is 3. The van der Waals surface area contributed by atoms with E-state index in [9.17, 15) is 0 Å². The van der Waals surface area contributed by atoms with E-state index in [1.165, 1.54) is 0 Å². The fourth-order valence-electron chi connectivity index (χ4n) is 1.56. The Kier molecular flexibility index (Phi) is 25.4. The molecule has 0 radical (unpaired) electrons. The van der Waals surface area contributed by atoms with E-state index in [-0.39, 0.29) is 25.4 Å². The highest BCUT2D eigenvalue weighted by molar-refractivity contribution is 4.53. The van der Waals surface area contributed by atoms with E-state index >= 15 is 0 Å². The third-order valence-electron chi connectivity index (χ3n) is 3.12. The Morgan fingerprint density at radius 3 is 1.70 bits per heavy atom. The fourth-order valence-corrected chi connectivity index (χ4v) is 1.56. The summed E-state index contributed by atoms with van der Waals surface area (Å²) < 4.78 is 26.0. The van der Waals surface area contributed by atoms with E-state index in [2.05, 4.69) is 6.92 Å². The summed E-state index contributed by atoms with van der Waals surface area (Å²) in [5.41, 5.74) is 0. The maximum absolute atomic E-state index is 8.92. The lowest BCUT2D eigenvalue weighted by molar-refractivity contribution is -0.0620. The van der Waals surface area contributed by atoms with Gasteiger partial charge in [-0.2, -0.15) is 0 Å². The summed E-state index contributed by atoms with van der Waals surface area (Å²) in [6.07, 6.45) is 1.62. The predicted molar refractivity (Wildman–Crippen MR) is 104 cm³/mol. The quantitative estimate of drug-likeness (QED) is 0.294. The summed E-state index contributed by atoms with van der Waals surface area (Å²) in [6, 6.07) is 0. The molecule has 0 rings (SSSR count). The van der Waals surface area contributed by atoms with Crippen molar-refractivity contribution in [3.8, 4) is 0 Å². The Morgan fingerprint density at radius 2 is 1.22 bits per heavy atom.